The Balaban J connectivity index is 1.38. The number of anilines is 1. The first-order chi connectivity index (χ1) is 17.0. The first-order valence-electron chi connectivity index (χ1n) is 10.5. The SMILES string of the molecule is COc1ccc(-c2nnc(SCC(=O)Nc3ccc(OC(F)F)c(Cc4ccccc4)c3)o2)cc1. The van der Waals surface area contributed by atoms with Gasteiger partial charge in [0.1, 0.15) is 11.5 Å². The van der Waals surface area contributed by atoms with Crippen LogP contribution in [0.5, 0.6) is 11.5 Å². The summed E-state index contributed by atoms with van der Waals surface area (Å²) in [5.41, 5.74) is 2.65. The minimum atomic E-state index is -2.95. The minimum absolute atomic E-state index is 0.0214. The zero-order chi connectivity index (χ0) is 24.6. The second-order valence-electron chi connectivity index (χ2n) is 7.30. The van der Waals surface area contributed by atoms with E-state index in [0.29, 0.717) is 29.3 Å². The maximum atomic E-state index is 12.8. The van der Waals surface area contributed by atoms with E-state index in [1.54, 1.807) is 37.4 Å². The number of amides is 1. The molecule has 0 aliphatic carbocycles. The number of benzene rings is 3. The minimum Gasteiger partial charge on any atom is -0.497 e. The number of hydrogen-bond acceptors (Lipinski definition) is 7. The molecule has 1 amide bonds. The van der Waals surface area contributed by atoms with Crippen molar-refractivity contribution in [2.24, 2.45) is 0 Å². The molecule has 180 valence electrons. The van der Waals surface area contributed by atoms with E-state index in [-0.39, 0.29) is 22.6 Å². The summed E-state index contributed by atoms with van der Waals surface area (Å²) in [7, 11) is 1.58. The molecule has 7 nitrogen and oxygen atoms in total. The molecule has 35 heavy (non-hydrogen) atoms. The number of methoxy groups -OCH3 is 1. The quantitative estimate of drug-likeness (QED) is 0.283. The van der Waals surface area contributed by atoms with E-state index in [2.05, 4.69) is 20.3 Å². The summed E-state index contributed by atoms with van der Waals surface area (Å²) in [5, 5.41) is 11.0. The smallest absolute Gasteiger partial charge is 0.387 e. The lowest BCUT2D eigenvalue weighted by molar-refractivity contribution is -0.113. The van der Waals surface area contributed by atoms with Crippen molar-refractivity contribution in [2.45, 2.75) is 18.3 Å². The predicted octanol–water partition coefficient (Wildman–Crippen LogP) is 5.67. The lowest BCUT2D eigenvalue weighted by Gasteiger charge is -2.13. The Kier molecular flexibility index (Phi) is 7.94. The Bertz CT molecular complexity index is 1270. The van der Waals surface area contributed by atoms with Gasteiger partial charge in [0.05, 0.1) is 12.9 Å². The lowest BCUT2D eigenvalue weighted by Crippen LogP contribution is -2.14. The monoisotopic (exact) mass is 497 g/mol. The number of carbonyl (C=O) groups is 1. The van der Waals surface area contributed by atoms with Crippen LogP contribution in [-0.4, -0.2) is 35.6 Å². The normalized spacial score (nSPS) is 10.9. The second kappa shape index (κ2) is 11.5. The van der Waals surface area contributed by atoms with E-state index < -0.39 is 6.61 Å². The van der Waals surface area contributed by atoms with E-state index in [1.165, 1.54) is 12.1 Å². The van der Waals surface area contributed by atoms with Gasteiger partial charge in [0.15, 0.2) is 0 Å². The molecule has 0 saturated carbocycles. The highest BCUT2D eigenvalue weighted by Gasteiger charge is 2.14. The summed E-state index contributed by atoms with van der Waals surface area (Å²) in [6.45, 7) is -2.95. The largest absolute Gasteiger partial charge is 0.497 e. The van der Waals surface area contributed by atoms with Gasteiger partial charge in [0.2, 0.25) is 11.8 Å². The van der Waals surface area contributed by atoms with Gasteiger partial charge in [-0.3, -0.25) is 4.79 Å². The molecule has 1 aromatic heterocycles. The van der Waals surface area contributed by atoms with Crippen LogP contribution in [0.25, 0.3) is 11.5 Å². The van der Waals surface area contributed by atoms with Gasteiger partial charge in [-0.1, -0.05) is 42.1 Å². The Labute approximate surface area is 204 Å². The van der Waals surface area contributed by atoms with E-state index >= 15 is 0 Å². The number of nitrogens with one attached hydrogen (secondary N) is 1. The lowest BCUT2D eigenvalue weighted by atomic mass is 10.0. The fraction of sp³-hybridized carbons (Fsp3) is 0.160. The number of carbonyl (C=O) groups excluding carboxylic acids is 1. The van der Waals surface area contributed by atoms with Crippen LogP contribution in [0, 0.1) is 0 Å². The van der Waals surface area contributed by atoms with Gasteiger partial charge in [0.25, 0.3) is 5.22 Å². The molecule has 10 heteroatoms. The fourth-order valence-electron chi connectivity index (χ4n) is 3.26. The van der Waals surface area contributed by atoms with E-state index in [9.17, 15) is 13.6 Å². The number of thioether (sulfide) groups is 1. The third kappa shape index (κ3) is 6.80. The van der Waals surface area contributed by atoms with Crippen molar-refractivity contribution in [2.75, 3.05) is 18.2 Å². The zero-order valence-corrected chi connectivity index (χ0v) is 19.4. The molecule has 4 aromatic rings. The van der Waals surface area contributed by atoms with Gasteiger partial charge < -0.3 is 19.2 Å². The molecule has 1 N–H and O–H groups in total. The van der Waals surface area contributed by atoms with Gasteiger partial charge in [0, 0.05) is 23.2 Å². The third-order valence-electron chi connectivity index (χ3n) is 4.87. The average molecular weight is 498 g/mol. The summed E-state index contributed by atoms with van der Waals surface area (Å²) in [5.74, 6) is 0.810. The van der Waals surface area contributed by atoms with Crippen LogP contribution < -0.4 is 14.8 Å². The molecule has 0 bridgehead atoms. The summed E-state index contributed by atoms with van der Waals surface area (Å²) >= 11 is 1.09. The third-order valence-corrected chi connectivity index (χ3v) is 5.69. The second-order valence-corrected chi connectivity index (χ2v) is 8.23. The Morgan fingerprint density at radius 2 is 1.83 bits per heavy atom. The summed E-state index contributed by atoms with van der Waals surface area (Å²) in [6, 6.07) is 21.1. The molecule has 0 spiro atoms. The average Bonchev–Trinajstić information content (AvgIpc) is 3.34. The molecule has 0 saturated heterocycles. The van der Waals surface area contributed by atoms with E-state index in [1.807, 2.05) is 30.3 Å². The van der Waals surface area contributed by atoms with Crippen LogP contribution in [0.2, 0.25) is 0 Å². The van der Waals surface area contributed by atoms with Crippen molar-refractivity contribution < 1.29 is 27.5 Å². The van der Waals surface area contributed by atoms with Crippen molar-refractivity contribution >= 4 is 23.4 Å². The highest BCUT2D eigenvalue weighted by atomic mass is 32.2. The molecule has 1 heterocycles. The zero-order valence-electron chi connectivity index (χ0n) is 18.6. The first kappa shape index (κ1) is 24.2. The maximum Gasteiger partial charge on any atom is 0.387 e. The first-order valence-corrected chi connectivity index (χ1v) is 11.5. The van der Waals surface area contributed by atoms with Crippen molar-refractivity contribution in [3.63, 3.8) is 0 Å². The van der Waals surface area contributed by atoms with Gasteiger partial charge in [-0.15, -0.1) is 10.2 Å². The Hall–Kier alpha value is -3.92. The van der Waals surface area contributed by atoms with Crippen LogP contribution in [0.15, 0.2) is 82.4 Å². The number of hydrogen-bond donors (Lipinski definition) is 1. The number of ether oxygens (including phenoxy) is 2. The topological polar surface area (TPSA) is 86.5 Å². The van der Waals surface area contributed by atoms with Gasteiger partial charge >= 0.3 is 6.61 Å². The standard InChI is InChI=1S/C25H21F2N3O4S/c1-32-20-10-7-17(8-11-20)23-29-30-25(34-23)35-15-22(31)28-19-9-12-21(33-24(26)27)18(14-19)13-16-5-3-2-4-6-16/h2-12,14,24H,13,15H2,1H3,(H,28,31). The van der Waals surface area contributed by atoms with Gasteiger partial charge in [-0.2, -0.15) is 8.78 Å². The van der Waals surface area contributed by atoms with Crippen LogP contribution in [0.4, 0.5) is 14.5 Å². The van der Waals surface area contributed by atoms with Crippen LogP contribution in [0.3, 0.4) is 0 Å². The summed E-state index contributed by atoms with van der Waals surface area (Å²) < 4.78 is 41.1. The van der Waals surface area contributed by atoms with Crippen molar-refractivity contribution in [1.29, 1.82) is 0 Å². The molecule has 0 aliphatic rings. The molecular weight excluding hydrogens is 476 g/mol. The molecule has 3 aromatic carbocycles. The van der Waals surface area contributed by atoms with Crippen LogP contribution in [-0.2, 0) is 11.2 Å². The van der Waals surface area contributed by atoms with Crippen molar-refractivity contribution in [3.05, 3.63) is 83.9 Å². The molecule has 0 radical (unpaired) electrons. The molecule has 0 atom stereocenters. The fourth-order valence-corrected chi connectivity index (χ4v) is 3.83. The van der Waals surface area contributed by atoms with Crippen LogP contribution in [0.1, 0.15) is 11.1 Å². The molecule has 0 fully saturated rings. The summed E-state index contributed by atoms with van der Waals surface area (Å²) in [4.78, 5) is 12.5. The highest BCUT2D eigenvalue weighted by Crippen LogP contribution is 2.28. The Morgan fingerprint density at radius 1 is 1.06 bits per heavy atom. The highest BCUT2D eigenvalue weighted by molar-refractivity contribution is 7.99. The summed E-state index contributed by atoms with van der Waals surface area (Å²) in [6.07, 6.45) is 0.372. The van der Waals surface area contributed by atoms with E-state index in [0.717, 1.165) is 22.9 Å². The predicted molar refractivity (Wildman–Crippen MR) is 128 cm³/mol. The maximum absolute atomic E-state index is 12.8. The molecule has 0 unspecified atom stereocenters. The number of nitrogens with zero attached hydrogens (tertiary/aromatic N) is 2. The molecular formula is C25H21F2N3O4S. The van der Waals surface area contributed by atoms with Gasteiger partial charge in [-0.25, -0.2) is 0 Å². The Morgan fingerprint density at radius 3 is 2.54 bits per heavy atom. The number of aromatic nitrogens is 2. The van der Waals surface area contributed by atoms with Gasteiger partial charge in [-0.05, 0) is 48.0 Å². The van der Waals surface area contributed by atoms with Crippen molar-refractivity contribution in [3.8, 4) is 23.0 Å². The number of halogens is 2. The molecule has 0 aliphatic heterocycles. The van der Waals surface area contributed by atoms with Crippen LogP contribution >= 0.6 is 11.8 Å². The molecule has 4 rings (SSSR count). The van der Waals surface area contributed by atoms with E-state index in [4.69, 9.17) is 9.15 Å². The number of alkyl halides is 2. The van der Waals surface area contributed by atoms with Crippen molar-refractivity contribution in [1.82, 2.24) is 10.2 Å². The number of rotatable bonds is 10.